The summed E-state index contributed by atoms with van der Waals surface area (Å²) in [6.45, 7) is 6.07. The number of hydrogen-bond acceptors (Lipinski definition) is 9. The standard InChI is InChI=1S/C29H28N2O7S/c1-5-11-37-20-8-6-7-17(14-20)23-22(24(32)18-9-10-21-19(13-18)12-15(2)38-21)25(33)27(34)31(23)29-30-16(3)26(39-29)28(35)36-4/h6-10,13-15,23,32H,5,11-12H2,1-4H3/t15-,23+/m0/s1. The Hall–Kier alpha value is -4.18. The molecule has 1 saturated heterocycles. The molecule has 1 amide bonds. The third kappa shape index (κ3) is 4.76. The summed E-state index contributed by atoms with van der Waals surface area (Å²) in [6.07, 6.45) is 1.48. The number of nitrogens with zero attached hydrogens (tertiary/aromatic N) is 2. The summed E-state index contributed by atoms with van der Waals surface area (Å²) in [5.41, 5.74) is 2.15. The number of fused-ring (bicyclic) bond motifs is 1. The number of methoxy groups -OCH3 is 1. The summed E-state index contributed by atoms with van der Waals surface area (Å²) in [5, 5.41) is 11.7. The van der Waals surface area contributed by atoms with E-state index in [1.165, 1.54) is 12.0 Å². The van der Waals surface area contributed by atoms with E-state index in [4.69, 9.17) is 14.2 Å². The highest BCUT2D eigenvalue weighted by Crippen LogP contribution is 2.45. The predicted molar refractivity (Wildman–Crippen MR) is 145 cm³/mol. The van der Waals surface area contributed by atoms with Gasteiger partial charge in [-0.15, -0.1) is 0 Å². The first-order valence-corrected chi connectivity index (χ1v) is 13.4. The zero-order valence-electron chi connectivity index (χ0n) is 22.0. The van der Waals surface area contributed by atoms with E-state index in [9.17, 15) is 19.5 Å². The molecule has 0 aliphatic carbocycles. The number of ketones is 1. The molecule has 0 bridgehead atoms. The lowest BCUT2D eigenvalue weighted by Gasteiger charge is -2.23. The number of amides is 1. The first-order valence-electron chi connectivity index (χ1n) is 12.6. The van der Waals surface area contributed by atoms with Crippen LogP contribution in [0.2, 0.25) is 0 Å². The van der Waals surface area contributed by atoms with Gasteiger partial charge in [-0.25, -0.2) is 9.78 Å². The van der Waals surface area contributed by atoms with Gasteiger partial charge >= 0.3 is 11.9 Å². The Kier molecular flexibility index (Phi) is 7.14. The lowest BCUT2D eigenvalue weighted by Crippen LogP contribution is -2.29. The molecule has 1 N–H and O–H groups in total. The number of thiazole rings is 1. The maximum atomic E-state index is 13.5. The normalized spacial score (nSPS) is 19.6. The number of Topliss-reactive ketones (excluding diaryl/α,β-unsaturated/α-hetero) is 1. The molecule has 0 spiro atoms. The number of carbonyl (C=O) groups excluding carboxylic acids is 3. The minimum Gasteiger partial charge on any atom is -0.507 e. The van der Waals surface area contributed by atoms with Gasteiger partial charge in [0.1, 0.15) is 28.2 Å². The van der Waals surface area contributed by atoms with E-state index in [1.54, 1.807) is 49.4 Å². The van der Waals surface area contributed by atoms with Gasteiger partial charge in [-0.1, -0.05) is 30.4 Å². The number of aryl methyl sites for hydroxylation is 1. The molecule has 202 valence electrons. The Morgan fingerprint density at radius 3 is 2.77 bits per heavy atom. The first kappa shape index (κ1) is 26.4. The van der Waals surface area contributed by atoms with Gasteiger partial charge < -0.3 is 19.3 Å². The van der Waals surface area contributed by atoms with Crippen LogP contribution >= 0.6 is 11.3 Å². The molecule has 1 fully saturated rings. The van der Waals surface area contributed by atoms with E-state index in [0.717, 1.165) is 29.1 Å². The molecule has 0 radical (unpaired) electrons. The minimum atomic E-state index is -1.00. The van der Waals surface area contributed by atoms with Crippen molar-refractivity contribution in [2.45, 2.75) is 45.8 Å². The number of aliphatic hydroxyl groups excluding tert-OH is 1. The van der Waals surface area contributed by atoms with Gasteiger partial charge in [-0.2, -0.15) is 0 Å². The average Bonchev–Trinajstić information content (AvgIpc) is 3.58. The Labute approximate surface area is 229 Å². The Morgan fingerprint density at radius 1 is 1.23 bits per heavy atom. The van der Waals surface area contributed by atoms with Gasteiger partial charge in [0.2, 0.25) is 0 Å². The fraction of sp³-hybridized carbons (Fsp3) is 0.310. The molecule has 39 heavy (non-hydrogen) atoms. The molecule has 0 saturated carbocycles. The van der Waals surface area contributed by atoms with Gasteiger partial charge in [-0.3, -0.25) is 14.5 Å². The van der Waals surface area contributed by atoms with E-state index in [-0.39, 0.29) is 27.4 Å². The summed E-state index contributed by atoms with van der Waals surface area (Å²) in [5.74, 6) is -1.31. The van der Waals surface area contributed by atoms with Crippen molar-refractivity contribution in [2.75, 3.05) is 18.6 Å². The number of aliphatic hydroxyl groups is 1. The van der Waals surface area contributed by atoms with Crippen molar-refractivity contribution >= 4 is 39.9 Å². The smallest absolute Gasteiger partial charge is 0.350 e. The monoisotopic (exact) mass is 548 g/mol. The topological polar surface area (TPSA) is 115 Å². The quantitative estimate of drug-likeness (QED) is 0.190. The number of carbonyl (C=O) groups is 3. The summed E-state index contributed by atoms with van der Waals surface area (Å²) >= 11 is 0.953. The van der Waals surface area contributed by atoms with Gasteiger partial charge in [-0.05, 0) is 61.7 Å². The second-order valence-corrected chi connectivity index (χ2v) is 10.4. The number of anilines is 1. The van der Waals surface area contributed by atoms with Crippen molar-refractivity contribution in [3.05, 3.63) is 75.3 Å². The first-order chi connectivity index (χ1) is 18.7. The summed E-state index contributed by atoms with van der Waals surface area (Å²) in [6, 6.07) is 11.3. The molecule has 9 nitrogen and oxygen atoms in total. The average molecular weight is 549 g/mol. The van der Waals surface area contributed by atoms with Crippen molar-refractivity contribution in [1.82, 2.24) is 4.98 Å². The van der Waals surface area contributed by atoms with Gasteiger partial charge in [0.15, 0.2) is 5.13 Å². The number of aromatic nitrogens is 1. The van der Waals surface area contributed by atoms with Crippen LogP contribution in [0, 0.1) is 6.92 Å². The van der Waals surface area contributed by atoms with E-state index in [1.807, 2.05) is 13.8 Å². The van der Waals surface area contributed by atoms with E-state index in [2.05, 4.69) is 4.98 Å². The second-order valence-electron chi connectivity index (χ2n) is 9.45. The Balaban J connectivity index is 1.67. The van der Waals surface area contributed by atoms with Crippen LogP contribution in [0.4, 0.5) is 5.13 Å². The fourth-order valence-electron chi connectivity index (χ4n) is 4.83. The van der Waals surface area contributed by atoms with E-state index < -0.39 is 23.7 Å². The molecule has 2 aliphatic rings. The molecule has 2 aliphatic heterocycles. The van der Waals surface area contributed by atoms with Crippen LogP contribution in [0.5, 0.6) is 11.5 Å². The zero-order chi connectivity index (χ0) is 27.8. The van der Waals surface area contributed by atoms with Gasteiger partial charge in [0, 0.05) is 12.0 Å². The maximum absolute atomic E-state index is 13.5. The van der Waals surface area contributed by atoms with Crippen LogP contribution < -0.4 is 14.4 Å². The highest BCUT2D eigenvalue weighted by Gasteiger charge is 2.48. The highest BCUT2D eigenvalue weighted by molar-refractivity contribution is 7.17. The molecular weight excluding hydrogens is 520 g/mol. The summed E-state index contributed by atoms with van der Waals surface area (Å²) < 4.78 is 16.4. The SMILES string of the molecule is CCCOc1cccc([C@@H]2C(=C(O)c3ccc4c(c3)C[C@H](C)O4)C(=O)C(=O)N2c2nc(C)c(C(=O)OC)s2)c1. The third-order valence-corrected chi connectivity index (χ3v) is 7.76. The van der Waals surface area contributed by atoms with Crippen molar-refractivity contribution < 1.29 is 33.7 Å². The molecular formula is C29H28N2O7S. The molecule has 2 atom stereocenters. The maximum Gasteiger partial charge on any atom is 0.350 e. The number of ether oxygens (including phenoxy) is 3. The predicted octanol–water partition coefficient (Wildman–Crippen LogP) is 4.98. The second kappa shape index (κ2) is 10.5. The minimum absolute atomic E-state index is 0.00554. The van der Waals surface area contributed by atoms with Crippen LogP contribution in [0.25, 0.3) is 5.76 Å². The van der Waals surface area contributed by atoms with E-state index in [0.29, 0.717) is 35.6 Å². The van der Waals surface area contributed by atoms with Crippen LogP contribution in [0.1, 0.15) is 58.4 Å². The Morgan fingerprint density at radius 2 is 2.03 bits per heavy atom. The molecule has 10 heteroatoms. The lowest BCUT2D eigenvalue weighted by atomic mass is 9.94. The van der Waals surface area contributed by atoms with Crippen LogP contribution in [0.15, 0.2) is 48.0 Å². The van der Waals surface area contributed by atoms with Crippen molar-refractivity contribution in [3.8, 4) is 11.5 Å². The molecule has 3 heterocycles. The van der Waals surface area contributed by atoms with Crippen molar-refractivity contribution in [1.29, 1.82) is 0 Å². The van der Waals surface area contributed by atoms with Crippen LogP contribution in [-0.2, 0) is 20.7 Å². The zero-order valence-corrected chi connectivity index (χ0v) is 22.8. The molecule has 2 aromatic carbocycles. The summed E-state index contributed by atoms with van der Waals surface area (Å²) in [4.78, 5) is 45.2. The van der Waals surface area contributed by atoms with E-state index >= 15 is 0 Å². The highest BCUT2D eigenvalue weighted by atomic mass is 32.1. The summed E-state index contributed by atoms with van der Waals surface area (Å²) in [7, 11) is 1.26. The molecule has 3 aromatic rings. The van der Waals surface area contributed by atoms with Crippen LogP contribution in [-0.4, -0.2) is 47.6 Å². The largest absolute Gasteiger partial charge is 0.507 e. The van der Waals surface area contributed by atoms with Gasteiger partial charge in [0.25, 0.3) is 5.78 Å². The molecule has 5 rings (SSSR count). The molecule has 1 aromatic heterocycles. The lowest BCUT2D eigenvalue weighted by molar-refractivity contribution is -0.132. The van der Waals surface area contributed by atoms with Crippen LogP contribution in [0.3, 0.4) is 0 Å². The number of benzene rings is 2. The molecule has 0 unspecified atom stereocenters. The number of hydrogen-bond donors (Lipinski definition) is 1. The third-order valence-electron chi connectivity index (χ3n) is 6.62. The fourth-order valence-corrected chi connectivity index (χ4v) is 5.84. The van der Waals surface area contributed by atoms with Crippen molar-refractivity contribution in [2.24, 2.45) is 0 Å². The van der Waals surface area contributed by atoms with Crippen molar-refractivity contribution in [3.63, 3.8) is 0 Å². The number of rotatable bonds is 7. The van der Waals surface area contributed by atoms with Gasteiger partial charge in [0.05, 0.1) is 31.0 Å². The Bertz CT molecular complexity index is 1510. The number of esters is 1.